The van der Waals surface area contributed by atoms with Gasteiger partial charge in [0.25, 0.3) is 0 Å². The lowest BCUT2D eigenvalue weighted by Crippen LogP contribution is -2.26. The number of para-hydroxylation sites is 1. The summed E-state index contributed by atoms with van der Waals surface area (Å²) in [5.74, 6) is -1.92. The Labute approximate surface area is 121 Å². The average Bonchev–Trinajstić information content (AvgIpc) is 2.49. The topological polar surface area (TPSA) is 66.6 Å². The van der Waals surface area contributed by atoms with Gasteiger partial charge in [0.15, 0.2) is 0 Å². The van der Waals surface area contributed by atoms with E-state index in [9.17, 15) is 14.3 Å². The van der Waals surface area contributed by atoms with Gasteiger partial charge in [-0.1, -0.05) is 18.2 Å². The number of nitrogens with two attached hydrogens (primary N) is 1. The number of carboxylic acid groups (broad SMARTS) is 1. The number of hydrogen-bond donors (Lipinski definition) is 2. The highest BCUT2D eigenvalue weighted by Gasteiger charge is 2.25. The molecule has 1 aliphatic rings. The number of halogens is 1. The van der Waals surface area contributed by atoms with Crippen LogP contribution in [0.5, 0.6) is 0 Å². The number of aryl methyl sites for hydroxylation is 1. The van der Waals surface area contributed by atoms with Crippen LogP contribution in [0.25, 0.3) is 0 Å². The molecule has 4 nitrogen and oxygen atoms in total. The van der Waals surface area contributed by atoms with Crippen LogP contribution < -0.4 is 10.6 Å². The van der Waals surface area contributed by atoms with Crippen molar-refractivity contribution in [3.05, 3.63) is 53.3 Å². The molecule has 0 bridgehead atoms. The van der Waals surface area contributed by atoms with Gasteiger partial charge < -0.3 is 15.7 Å². The van der Waals surface area contributed by atoms with E-state index in [0.29, 0.717) is 12.2 Å². The summed E-state index contributed by atoms with van der Waals surface area (Å²) >= 11 is 0. The molecule has 3 N–H and O–H groups in total. The number of nitrogen functional groups attached to an aromatic ring is 1. The van der Waals surface area contributed by atoms with Gasteiger partial charge in [0.2, 0.25) is 0 Å². The van der Waals surface area contributed by atoms with Crippen LogP contribution >= 0.6 is 0 Å². The van der Waals surface area contributed by atoms with Crippen LogP contribution in [0.4, 0.5) is 21.5 Å². The molecule has 5 heteroatoms. The minimum absolute atomic E-state index is 0.174. The maximum Gasteiger partial charge on any atom is 0.340 e. The predicted molar refractivity (Wildman–Crippen MR) is 79.5 cm³/mol. The summed E-state index contributed by atoms with van der Waals surface area (Å²) in [5, 5.41) is 9.38. The van der Waals surface area contributed by atoms with Crippen molar-refractivity contribution in [3.8, 4) is 0 Å². The van der Waals surface area contributed by atoms with E-state index in [2.05, 4.69) is 0 Å². The molecular weight excluding hydrogens is 271 g/mol. The number of nitrogens with zero attached hydrogens (tertiary/aromatic N) is 1. The number of carbonyl (C=O) groups is 1. The Bertz CT molecular complexity index is 715. The number of anilines is 3. The first kappa shape index (κ1) is 13.4. The van der Waals surface area contributed by atoms with Crippen LogP contribution in [-0.4, -0.2) is 17.6 Å². The van der Waals surface area contributed by atoms with Gasteiger partial charge in [0.05, 0.1) is 11.4 Å². The Morgan fingerprint density at radius 2 is 1.95 bits per heavy atom. The maximum absolute atomic E-state index is 13.6. The number of benzene rings is 2. The fraction of sp³-hybridized carbons (Fsp3) is 0.188. The minimum Gasteiger partial charge on any atom is -0.478 e. The number of aromatic carboxylic acids is 1. The van der Waals surface area contributed by atoms with Crippen molar-refractivity contribution in [1.82, 2.24) is 0 Å². The second-order valence-corrected chi connectivity index (χ2v) is 5.04. The standard InChI is InChI=1S/C16H15FN2O2/c17-11-7-8-13(14(15(11)18)16(20)21)19-9-3-5-10-4-1-2-6-12(10)19/h1-2,4,6-8H,3,5,9,18H2,(H,20,21). The van der Waals surface area contributed by atoms with E-state index in [1.807, 2.05) is 29.2 Å². The number of hydrogen-bond acceptors (Lipinski definition) is 3. The molecule has 0 aliphatic carbocycles. The molecule has 2 aromatic carbocycles. The second-order valence-electron chi connectivity index (χ2n) is 5.04. The number of fused-ring (bicyclic) bond motifs is 1. The van der Waals surface area contributed by atoms with E-state index in [0.717, 1.165) is 24.1 Å². The van der Waals surface area contributed by atoms with Crippen LogP contribution in [0.3, 0.4) is 0 Å². The molecule has 0 aromatic heterocycles. The lowest BCUT2D eigenvalue weighted by molar-refractivity contribution is 0.0698. The van der Waals surface area contributed by atoms with Crippen LogP contribution in [0.15, 0.2) is 36.4 Å². The molecule has 0 radical (unpaired) electrons. The molecule has 0 saturated heterocycles. The summed E-state index contributed by atoms with van der Waals surface area (Å²) in [5.41, 5.74) is 7.69. The highest BCUT2D eigenvalue weighted by molar-refractivity contribution is 6.01. The summed E-state index contributed by atoms with van der Waals surface area (Å²) in [4.78, 5) is 13.4. The molecule has 0 saturated carbocycles. The SMILES string of the molecule is Nc1c(F)ccc(N2CCCc3ccccc32)c1C(=O)O. The van der Waals surface area contributed by atoms with Gasteiger partial charge >= 0.3 is 5.97 Å². The molecule has 21 heavy (non-hydrogen) atoms. The van der Waals surface area contributed by atoms with Gasteiger partial charge in [0, 0.05) is 12.2 Å². The number of carboxylic acids is 1. The fourth-order valence-corrected chi connectivity index (χ4v) is 2.82. The Morgan fingerprint density at radius 1 is 1.19 bits per heavy atom. The summed E-state index contributed by atoms with van der Waals surface area (Å²) < 4.78 is 13.6. The van der Waals surface area contributed by atoms with Crippen molar-refractivity contribution in [3.63, 3.8) is 0 Å². The van der Waals surface area contributed by atoms with Crippen LogP contribution in [-0.2, 0) is 6.42 Å². The first-order valence-corrected chi connectivity index (χ1v) is 6.76. The lowest BCUT2D eigenvalue weighted by Gasteiger charge is -2.32. The number of rotatable bonds is 2. The lowest BCUT2D eigenvalue weighted by atomic mass is 9.99. The van der Waals surface area contributed by atoms with Crippen molar-refractivity contribution in [2.75, 3.05) is 17.2 Å². The highest BCUT2D eigenvalue weighted by atomic mass is 19.1. The van der Waals surface area contributed by atoms with E-state index in [4.69, 9.17) is 5.73 Å². The van der Waals surface area contributed by atoms with Gasteiger partial charge in [-0.3, -0.25) is 0 Å². The second kappa shape index (κ2) is 5.09. The average molecular weight is 286 g/mol. The quantitative estimate of drug-likeness (QED) is 0.832. The monoisotopic (exact) mass is 286 g/mol. The Hall–Kier alpha value is -2.56. The fourth-order valence-electron chi connectivity index (χ4n) is 2.82. The molecule has 2 aromatic rings. The Morgan fingerprint density at radius 3 is 2.71 bits per heavy atom. The third kappa shape index (κ3) is 2.20. The normalized spacial score (nSPS) is 13.9. The summed E-state index contributed by atoms with van der Waals surface area (Å²) in [6, 6.07) is 10.5. The van der Waals surface area contributed by atoms with E-state index < -0.39 is 11.8 Å². The molecule has 108 valence electrons. The van der Waals surface area contributed by atoms with Crippen LogP contribution in [0.1, 0.15) is 22.3 Å². The van der Waals surface area contributed by atoms with Crippen molar-refractivity contribution < 1.29 is 14.3 Å². The summed E-state index contributed by atoms with van der Waals surface area (Å²) in [7, 11) is 0. The summed E-state index contributed by atoms with van der Waals surface area (Å²) in [6.07, 6.45) is 1.86. The van der Waals surface area contributed by atoms with Crippen molar-refractivity contribution in [1.29, 1.82) is 0 Å². The van der Waals surface area contributed by atoms with Gasteiger partial charge in [-0.15, -0.1) is 0 Å². The zero-order valence-electron chi connectivity index (χ0n) is 11.3. The summed E-state index contributed by atoms with van der Waals surface area (Å²) in [6.45, 7) is 0.683. The molecule has 0 unspecified atom stereocenters. The molecule has 1 aliphatic heterocycles. The van der Waals surface area contributed by atoms with Gasteiger partial charge in [-0.05, 0) is 36.6 Å². The van der Waals surface area contributed by atoms with Crippen molar-refractivity contribution in [2.45, 2.75) is 12.8 Å². The Balaban J connectivity index is 2.19. The molecule has 1 heterocycles. The van der Waals surface area contributed by atoms with E-state index in [-0.39, 0.29) is 11.3 Å². The Kier molecular flexibility index (Phi) is 3.25. The molecular formula is C16H15FN2O2. The smallest absolute Gasteiger partial charge is 0.340 e. The van der Waals surface area contributed by atoms with Gasteiger partial charge in [-0.25, -0.2) is 9.18 Å². The van der Waals surface area contributed by atoms with Crippen LogP contribution in [0, 0.1) is 5.82 Å². The van der Waals surface area contributed by atoms with Gasteiger partial charge in [0.1, 0.15) is 11.4 Å². The first-order valence-electron chi connectivity index (χ1n) is 6.76. The third-order valence-corrected chi connectivity index (χ3v) is 3.79. The largest absolute Gasteiger partial charge is 0.478 e. The molecule has 3 rings (SSSR count). The van der Waals surface area contributed by atoms with Crippen LogP contribution in [0.2, 0.25) is 0 Å². The maximum atomic E-state index is 13.6. The van der Waals surface area contributed by atoms with Crippen molar-refractivity contribution in [2.24, 2.45) is 0 Å². The third-order valence-electron chi connectivity index (χ3n) is 3.79. The first-order chi connectivity index (χ1) is 10.1. The zero-order valence-corrected chi connectivity index (χ0v) is 11.3. The molecule has 0 atom stereocenters. The van der Waals surface area contributed by atoms with E-state index in [1.54, 1.807) is 0 Å². The highest BCUT2D eigenvalue weighted by Crippen LogP contribution is 2.37. The zero-order chi connectivity index (χ0) is 15.0. The van der Waals surface area contributed by atoms with Gasteiger partial charge in [-0.2, -0.15) is 0 Å². The molecule has 0 spiro atoms. The van der Waals surface area contributed by atoms with E-state index in [1.165, 1.54) is 12.1 Å². The minimum atomic E-state index is -1.22. The van der Waals surface area contributed by atoms with Crippen molar-refractivity contribution >= 4 is 23.0 Å². The van der Waals surface area contributed by atoms with E-state index >= 15 is 0 Å². The predicted octanol–water partition coefficient (Wildman–Crippen LogP) is 3.19. The molecule has 0 fully saturated rings. The molecule has 0 amide bonds.